The number of nitrogens with zero attached hydrogens (tertiary/aromatic N) is 1. The number of thiocarbonyl (C=S) groups is 1. The Bertz CT molecular complexity index is 604. The van der Waals surface area contributed by atoms with Crippen molar-refractivity contribution in [2.24, 2.45) is 0 Å². The Morgan fingerprint density at radius 3 is 2.81 bits per heavy atom. The number of aromatic nitrogens is 1. The second-order valence-electron chi connectivity index (χ2n) is 4.49. The first-order chi connectivity index (χ1) is 10.1. The number of aryl methyl sites for hydroxylation is 1. The Hall–Kier alpha value is -1.85. The summed E-state index contributed by atoms with van der Waals surface area (Å²) in [6, 6.07) is 11.5. The van der Waals surface area contributed by atoms with Gasteiger partial charge in [0.1, 0.15) is 5.82 Å². The number of anilines is 2. The molecule has 0 atom stereocenters. The van der Waals surface area contributed by atoms with E-state index < -0.39 is 0 Å². The molecule has 0 spiro atoms. The summed E-state index contributed by atoms with van der Waals surface area (Å²) in [5.41, 5.74) is 1.92. The van der Waals surface area contributed by atoms with Gasteiger partial charge in [-0.15, -0.1) is 0 Å². The molecule has 2 rings (SSSR count). The van der Waals surface area contributed by atoms with E-state index in [0.717, 1.165) is 28.6 Å². The van der Waals surface area contributed by atoms with Crippen LogP contribution >= 0.6 is 23.8 Å². The van der Waals surface area contributed by atoms with Gasteiger partial charge in [0.25, 0.3) is 0 Å². The van der Waals surface area contributed by atoms with Crippen LogP contribution < -0.4 is 16.0 Å². The zero-order valence-electron chi connectivity index (χ0n) is 11.7. The number of hydrogen-bond acceptors (Lipinski definition) is 3. The van der Waals surface area contributed by atoms with Crippen molar-refractivity contribution < 1.29 is 0 Å². The molecule has 0 aliphatic heterocycles. The predicted molar refractivity (Wildman–Crippen MR) is 93.1 cm³/mol. The number of rotatable bonds is 5. The van der Waals surface area contributed by atoms with Gasteiger partial charge in [0.15, 0.2) is 5.11 Å². The van der Waals surface area contributed by atoms with Crippen LogP contribution in [0.1, 0.15) is 5.56 Å². The Morgan fingerprint density at radius 2 is 2.10 bits per heavy atom. The molecular weight excluding hydrogens is 304 g/mol. The molecule has 1 heterocycles. The minimum absolute atomic E-state index is 0.567. The van der Waals surface area contributed by atoms with Gasteiger partial charge >= 0.3 is 0 Å². The van der Waals surface area contributed by atoms with Gasteiger partial charge in [0, 0.05) is 30.0 Å². The van der Waals surface area contributed by atoms with Gasteiger partial charge in [-0.3, -0.25) is 0 Å². The Kier molecular flexibility index (Phi) is 5.78. The van der Waals surface area contributed by atoms with Gasteiger partial charge < -0.3 is 16.0 Å². The summed E-state index contributed by atoms with van der Waals surface area (Å²) in [6.45, 7) is 3.39. The molecule has 0 aliphatic carbocycles. The molecule has 0 fully saturated rings. The molecule has 0 saturated heterocycles. The van der Waals surface area contributed by atoms with E-state index in [0.29, 0.717) is 11.7 Å². The van der Waals surface area contributed by atoms with E-state index in [4.69, 9.17) is 23.8 Å². The number of hydrogen-bond donors (Lipinski definition) is 3. The van der Waals surface area contributed by atoms with Gasteiger partial charge in [0.2, 0.25) is 0 Å². The molecule has 0 aliphatic rings. The average Bonchev–Trinajstić information content (AvgIpc) is 2.49. The monoisotopic (exact) mass is 320 g/mol. The maximum Gasteiger partial charge on any atom is 0.170 e. The minimum Gasteiger partial charge on any atom is -0.368 e. The molecule has 0 saturated carbocycles. The third-order valence-corrected chi connectivity index (χ3v) is 3.46. The zero-order chi connectivity index (χ0) is 15.1. The van der Waals surface area contributed by atoms with Crippen LogP contribution in [0.4, 0.5) is 11.5 Å². The second kappa shape index (κ2) is 7.81. The maximum atomic E-state index is 6.07. The molecular formula is C15H17ClN4S. The lowest BCUT2D eigenvalue weighted by Crippen LogP contribution is -2.32. The standard InChI is InChI=1S/C15H17ClN4S/c1-11-5-6-12(10-13(11)16)20-15(21)19-9-8-18-14-4-2-3-7-17-14/h2-7,10H,8-9H2,1H3,(H,17,18)(H2,19,20,21). The lowest BCUT2D eigenvalue weighted by molar-refractivity contribution is 0.910. The van der Waals surface area contributed by atoms with Crippen molar-refractivity contribution in [1.82, 2.24) is 10.3 Å². The van der Waals surface area contributed by atoms with Crippen molar-refractivity contribution in [1.29, 1.82) is 0 Å². The third-order valence-electron chi connectivity index (χ3n) is 2.81. The maximum absolute atomic E-state index is 6.07. The first-order valence-corrected chi connectivity index (χ1v) is 7.39. The topological polar surface area (TPSA) is 49.0 Å². The predicted octanol–water partition coefficient (Wildman–Crippen LogP) is 3.44. The van der Waals surface area contributed by atoms with Crippen molar-refractivity contribution in [2.45, 2.75) is 6.92 Å². The fraction of sp³-hybridized carbons (Fsp3) is 0.200. The van der Waals surface area contributed by atoms with Crippen LogP contribution in [0.2, 0.25) is 5.02 Å². The molecule has 1 aromatic heterocycles. The van der Waals surface area contributed by atoms with E-state index in [9.17, 15) is 0 Å². The highest BCUT2D eigenvalue weighted by Crippen LogP contribution is 2.19. The third kappa shape index (κ3) is 5.21. The Morgan fingerprint density at radius 1 is 1.24 bits per heavy atom. The quantitative estimate of drug-likeness (QED) is 0.582. The fourth-order valence-electron chi connectivity index (χ4n) is 1.68. The number of benzene rings is 1. The van der Waals surface area contributed by atoms with E-state index in [1.807, 2.05) is 43.3 Å². The summed E-state index contributed by atoms with van der Waals surface area (Å²) in [5.74, 6) is 0.850. The average molecular weight is 321 g/mol. The molecule has 2 aromatic rings. The lowest BCUT2D eigenvalue weighted by Gasteiger charge is -2.12. The highest BCUT2D eigenvalue weighted by atomic mass is 35.5. The normalized spacial score (nSPS) is 10.0. The van der Waals surface area contributed by atoms with E-state index >= 15 is 0 Å². The molecule has 0 radical (unpaired) electrons. The Labute approximate surface area is 134 Å². The van der Waals surface area contributed by atoms with Crippen LogP contribution in [0.15, 0.2) is 42.6 Å². The van der Waals surface area contributed by atoms with Crippen LogP contribution in [0.25, 0.3) is 0 Å². The lowest BCUT2D eigenvalue weighted by atomic mass is 10.2. The van der Waals surface area contributed by atoms with Crippen LogP contribution in [-0.2, 0) is 0 Å². The zero-order valence-corrected chi connectivity index (χ0v) is 13.3. The second-order valence-corrected chi connectivity index (χ2v) is 5.30. The summed E-state index contributed by atoms with van der Waals surface area (Å²) >= 11 is 11.3. The number of nitrogens with one attached hydrogen (secondary N) is 3. The first-order valence-electron chi connectivity index (χ1n) is 6.61. The minimum atomic E-state index is 0.567. The molecule has 1 aromatic carbocycles. The van der Waals surface area contributed by atoms with Gasteiger partial charge in [-0.1, -0.05) is 23.7 Å². The molecule has 0 bridgehead atoms. The van der Waals surface area contributed by atoms with Crippen molar-refractivity contribution in [3.63, 3.8) is 0 Å². The number of pyridine rings is 1. The van der Waals surface area contributed by atoms with Crippen LogP contribution in [-0.4, -0.2) is 23.2 Å². The molecule has 0 amide bonds. The summed E-state index contributed by atoms with van der Waals surface area (Å²) in [4.78, 5) is 4.18. The highest BCUT2D eigenvalue weighted by Gasteiger charge is 2.00. The van der Waals surface area contributed by atoms with Gasteiger partial charge in [-0.25, -0.2) is 4.98 Å². The van der Waals surface area contributed by atoms with E-state index in [2.05, 4.69) is 20.9 Å². The largest absolute Gasteiger partial charge is 0.368 e. The summed E-state index contributed by atoms with van der Waals surface area (Å²) in [7, 11) is 0. The van der Waals surface area contributed by atoms with E-state index in [1.165, 1.54) is 0 Å². The van der Waals surface area contributed by atoms with Crippen molar-refractivity contribution in [2.75, 3.05) is 23.7 Å². The summed E-state index contributed by atoms with van der Waals surface area (Å²) in [5, 5.41) is 10.7. The van der Waals surface area contributed by atoms with Crippen molar-refractivity contribution in [3.8, 4) is 0 Å². The van der Waals surface area contributed by atoms with Gasteiger partial charge in [-0.05, 0) is 49.0 Å². The van der Waals surface area contributed by atoms with Gasteiger partial charge in [-0.2, -0.15) is 0 Å². The molecule has 21 heavy (non-hydrogen) atoms. The van der Waals surface area contributed by atoms with Crippen LogP contribution in [0.3, 0.4) is 0 Å². The molecule has 0 unspecified atom stereocenters. The van der Waals surface area contributed by atoms with E-state index in [-0.39, 0.29) is 0 Å². The van der Waals surface area contributed by atoms with E-state index in [1.54, 1.807) is 6.20 Å². The smallest absolute Gasteiger partial charge is 0.170 e. The molecule has 4 nitrogen and oxygen atoms in total. The van der Waals surface area contributed by atoms with Crippen LogP contribution in [0.5, 0.6) is 0 Å². The highest BCUT2D eigenvalue weighted by molar-refractivity contribution is 7.80. The SMILES string of the molecule is Cc1ccc(NC(=S)NCCNc2ccccn2)cc1Cl. The van der Waals surface area contributed by atoms with Crippen LogP contribution in [0, 0.1) is 6.92 Å². The Balaban J connectivity index is 1.71. The fourth-order valence-corrected chi connectivity index (χ4v) is 2.08. The number of halogens is 1. The molecule has 6 heteroatoms. The molecule has 110 valence electrons. The van der Waals surface area contributed by atoms with Gasteiger partial charge in [0.05, 0.1) is 0 Å². The van der Waals surface area contributed by atoms with Crippen molar-refractivity contribution in [3.05, 3.63) is 53.2 Å². The van der Waals surface area contributed by atoms with Crippen molar-refractivity contribution >= 4 is 40.4 Å². The summed E-state index contributed by atoms with van der Waals surface area (Å²) < 4.78 is 0. The molecule has 3 N–H and O–H groups in total. The summed E-state index contributed by atoms with van der Waals surface area (Å²) in [6.07, 6.45) is 1.75. The first kappa shape index (κ1) is 15.5.